The number of aldehydes is 1. The van der Waals surface area contributed by atoms with E-state index in [9.17, 15) is 4.79 Å². The molecule has 0 amide bonds. The summed E-state index contributed by atoms with van der Waals surface area (Å²) in [5, 5.41) is 0. The molecule has 0 N–H and O–H groups in total. The zero-order chi connectivity index (χ0) is 11.1. The molecule has 0 radical (unpaired) electrons. The van der Waals surface area contributed by atoms with E-state index in [2.05, 4.69) is 13.2 Å². The molecule has 0 saturated heterocycles. The predicted molar refractivity (Wildman–Crippen MR) is 64.6 cm³/mol. The van der Waals surface area contributed by atoms with E-state index >= 15 is 0 Å². The van der Waals surface area contributed by atoms with E-state index < -0.39 is 0 Å². The molecule has 0 aromatic heterocycles. The van der Waals surface area contributed by atoms with Crippen molar-refractivity contribution in [3.63, 3.8) is 0 Å². The summed E-state index contributed by atoms with van der Waals surface area (Å²) in [4.78, 5) is 11.2. The maximum atomic E-state index is 11.2. The van der Waals surface area contributed by atoms with Gasteiger partial charge >= 0.3 is 0 Å². The Hall–Kier alpha value is -1.11. The second-order valence-electron chi connectivity index (χ2n) is 4.17. The number of rotatable bonds is 5. The molecule has 1 unspecified atom stereocenters. The van der Waals surface area contributed by atoms with Crippen molar-refractivity contribution in [2.45, 2.75) is 32.1 Å². The van der Waals surface area contributed by atoms with E-state index in [1.165, 1.54) is 32.1 Å². The van der Waals surface area contributed by atoms with E-state index in [0.29, 0.717) is 5.92 Å². The van der Waals surface area contributed by atoms with Gasteiger partial charge in [-0.2, -0.15) is 0 Å². The number of hydrogen-bond acceptors (Lipinski definition) is 1. The molecule has 0 bridgehead atoms. The molecular weight excluding hydrogens is 184 g/mol. The fraction of sp³-hybridized carbons (Fsp3) is 0.500. The largest absolute Gasteiger partial charge is 0.303 e. The summed E-state index contributed by atoms with van der Waals surface area (Å²) in [7, 11) is 0. The first-order valence-corrected chi connectivity index (χ1v) is 5.73. The van der Waals surface area contributed by atoms with E-state index in [4.69, 9.17) is 0 Å². The van der Waals surface area contributed by atoms with Crippen LogP contribution >= 0.6 is 0 Å². The summed E-state index contributed by atoms with van der Waals surface area (Å²) in [5.74, 6) is 0.543. The second kappa shape index (κ2) is 6.39. The fourth-order valence-corrected chi connectivity index (χ4v) is 2.41. The maximum Gasteiger partial charge on any atom is 0.127 e. The Kier molecular flexibility index (Phi) is 5.09. The quantitative estimate of drug-likeness (QED) is 0.493. The Morgan fingerprint density at radius 2 is 1.87 bits per heavy atom. The van der Waals surface area contributed by atoms with E-state index in [0.717, 1.165) is 11.9 Å². The number of carbonyl (C=O) groups excluding carboxylic acids is 1. The van der Waals surface area contributed by atoms with Crippen molar-refractivity contribution in [2.75, 3.05) is 0 Å². The average molecular weight is 204 g/mol. The first-order valence-electron chi connectivity index (χ1n) is 5.73. The van der Waals surface area contributed by atoms with Gasteiger partial charge in [0.05, 0.1) is 0 Å². The molecular formula is C14H20O. The molecule has 0 aromatic rings. The van der Waals surface area contributed by atoms with Gasteiger partial charge in [0.15, 0.2) is 0 Å². The molecule has 1 fully saturated rings. The van der Waals surface area contributed by atoms with Crippen LogP contribution in [0.3, 0.4) is 0 Å². The Labute approximate surface area is 92.6 Å². The summed E-state index contributed by atoms with van der Waals surface area (Å²) in [6, 6.07) is 0. The van der Waals surface area contributed by atoms with Gasteiger partial charge < -0.3 is 4.79 Å². The standard InChI is InChI=1S/C14H20O/c1-3-8-12(4-2)14(11-15)13-9-6-5-7-10-13/h3-4,8,11,13-14H,1-2,5-7,9-10H2/b12-8+. The zero-order valence-corrected chi connectivity index (χ0v) is 9.32. The molecule has 1 saturated carbocycles. The Bertz CT molecular complexity index is 257. The van der Waals surface area contributed by atoms with Crippen molar-refractivity contribution in [1.29, 1.82) is 0 Å². The highest BCUT2D eigenvalue weighted by molar-refractivity contribution is 5.61. The van der Waals surface area contributed by atoms with Crippen LogP contribution in [-0.4, -0.2) is 6.29 Å². The van der Waals surface area contributed by atoms with E-state index in [-0.39, 0.29) is 5.92 Å². The molecule has 0 aromatic carbocycles. The topological polar surface area (TPSA) is 17.1 Å². The molecule has 1 aliphatic carbocycles. The summed E-state index contributed by atoms with van der Waals surface area (Å²) in [6.07, 6.45) is 12.7. The zero-order valence-electron chi connectivity index (χ0n) is 9.32. The van der Waals surface area contributed by atoms with Crippen molar-refractivity contribution in [1.82, 2.24) is 0 Å². The first kappa shape index (κ1) is 12.0. The number of allylic oxidation sites excluding steroid dienone is 4. The molecule has 1 atom stereocenters. The molecule has 1 heteroatoms. The SMILES string of the molecule is C=C/C=C(\C=C)C(C=O)C1CCCCC1. The monoisotopic (exact) mass is 204 g/mol. The third-order valence-corrected chi connectivity index (χ3v) is 3.24. The van der Waals surface area contributed by atoms with Crippen molar-refractivity contribution >= 4 is 6.29 Å². The lowest BCUT2D eigenvalue weighted by Crippen LogP contribution is -2.20. The molecule has 1 nitrogen and oxygen atoms in total. The van der Waals surface area contributed by atoms with Crippen molar-refractivity contribution in [3.05, 3.63) is 37.0 Å². The summed E-state index contributed by atoms with van der Waals surface area (Å²) < 4.78 is 0. The summed E-state index contributed by atoms with van der Waals surface area (Å²) >= 11 is 0. The number of carbonyl (C=O) groups is 1. The van der Waals surface area contributed by atoms with Gasteiger partial charge in [-0.3, -0.25) is 0 Å². The highest BCUT2D eigenvalue weighted by Gasteiger charge is 2.24. The Morgan fingerprint density at radius 1 is 1.20 bits per heavy atom. The van der Waals surface area contributed by atoms with Crippen molar-refractivity contribution in [2.24, 2.45) is 11.8 Å². The summed E-state index contributed by atoms with van der Waals surface area (Å²) in [6.45, 7) is 7.44. The molecule has 1 rings (SSSR count). The number of hydrogen-bond donors (Lipinski definition) is 0. The first-order chi connectivity index (χ1) is 7.33. The third-order valence-electron chi connectivity index (χ3n) is 3.24. The van der Waals surface area contributed by atoms with Crippen LogP contribution in [0.2, 0.25) is 0 Å². The van der Waals surface area contributed by atoms with Gasteiger partial charge in [-0.05, 0) is 24.3 Å². The van der Waals surface area contributed by atoms with Crippen molar-refractivity contribution < 1.29 is 4.79 Å². The molecule has 15 heavy (non-hydrogen) atoms. The lowest BCUT2D eigenvalue weighted by atomic mass is 9.77. The van der Waals surface area contributed by atoms with Gasteiger partial charge in [-0.1, -0.05) is 50.6 Å². The van der Waals surface area contributed by atoms with Crippen LogP contribution < -0.4 is 0 Å². The smallest absolute Gasteiger partial charge is 0.127 e. The molecule has 82 valence electrons. The van der Waals surface area contributed by atoms with Gasteiger partial charge in [0, 0.05) is 5.92 Å². The van der Waals surface area contributed by atoms with E-state index in [1.54, 1.807) is 12.2 Å². The maximum absolute atomic E-state index is 11.2. The minimum Gasteiger partial charge on any atom is -0.303 e. The normalized spacial score (nSPS) is 20.7. The minimum absolute atomic E-state index is 0.0285. The van der Waals surface area contributed by atoms with E-state index in [1.807, 2.05) is 6.08 Å². The van der Waals surface area contributed by atoms with Gasteiger partial charge in [0.25, 0.3) is 0 Å². The molecule has 0 spiro atoms. The van der Waals surface area contributed by atoms with Gasteiger partial charge in [0.1, 0.15) is 6.29 Å². The van der Waals surface area contributed by atoms with Crippen LogP contribution in [0.25, 0.3) is 0 Å². The van der Waals surface area contributed by atoms with Crippen molar-refractivity contribution in [3.8, 4) is 0 Å². The second-order valence-corrected chi connectivity index (χ2v) is 4.17. The van der Waals surface area contributed by atoms with Crippen LogP contribution in [-0.2, 0) is 4.79 Å². The Morgan fingerprint density at radius 3 is 2.33 bits per heavy atom. The fourth-order valence-electron chi connectivity index (χ4n) is 2.41. The molecule has 0 heterocycles. The minimum atomic E-state index is 0.0285. The Balaban J connectivity index is 2.75. The van der Waals surface area contributed by atoms with Gasteiger partial charge in [-0.25, -0.2) is 0 Å². The lowest BCUT2D eigenvalue weighted by molar-refractivity contribution is -0.111. The highest BCUT2D eigenvalue weighted by atomic mass is 16.1. The van der Waals surface area contributed by atoms with Crippen LogP contribution in [0, 0.1) is 11.8 Å². The third kappa shape index (κ3) is 3.19. The van der Waals surface area contributed by atoms with Gasteiger partial charge in [0.2, 0.25) is 0 Å². The molecule has 0 aliphatic heterocycles. The average Bonchev–Trinajstić information content (AvgIpc) is 2.30. The van der Waals surface area contributed by atoms with Gasteiger partial charge in [-0.15, -0.1) is 0 Å². The lowest BCUT2D eigenvalue weighted by Gasteiger charge is -2.27. The van der Waals surface area contributed by atoms with Crippen LogP contribution in [0.5, 0.6) is 0 Å². The van der Waals surface area contributed by atoms with Crippen LogP contribution in [0.4, 0.5) is 0 Å². The van der Waals surface area contributed by atoms with Crippen LogP contribution in [0.1, 0.15) is 32.1 Å². The summed E-state index contributed by atoms with van der Waals surface area (Å²) in [5.41, 5.74) is 1.02. The van der Waals surface area contributed by atoms with Crippen LogP contribution in [0.15, 0.2) is 37.0 Å². The highest BCUT2D eigenvalue weighted by Crippen LogP contribution is 2.33. The predicted octanol–water partition coefficient (Wildman–Crippen LogP) is 3.68. The molecule has 1 aliphatic rings.